The number of nitrogens with two attached hydrogens (primary N) is 2. The molecule has 0 aliphatic rings. The van der Waals surface area contributed by atoms with Crippen LogP contribution in [0.1, 0.15) is 110 Å². The zero-order valence-corrected chi connectivity index (χ0v) is 18.6. The number of esters is 1. The molecule has 4 N–H and O–H groups in total. The number of carbonyl (C=O) groups is 1. The summed E-state index contributed by atoms with van der Waals surface area (Å²) in [5.41, 5.74) is 11.1. The second-order valence-electron chi connectivity index (χ2n) is 7.91. The van der Waals surface area contributed by atoms with Crippen molar-refractivity contribution in [3.8, 4) is 0 Å². The van der Waals surface area contributed by atoms with Gasteiger partial charge >= 0.3 is 5.97 Å². The Morgan fingerprint density at radius 1 is 0.714 bits per heavy atom. The van der Waals surface area contributed by atoms with Gasteiger partial charge in [-0.1, -0.05) is 71.1 Å². The SMILES string of the molecule is CCCCCCCCCCCCOCCCCCCOC(=O)[C@H](N)CCCN. The Hall–Kier alpha value is -0.650. The number of hydrogen-bond donors (Lipinski definition) is 2. The summed E-state index contributed by atoms with van der Waals surface area (Å²) in [5.74, 6) is -0.298. The third-order valence-electron chi connectivity index (χ3n) is 5.09. The molecule has 0 fully saturated rings. The van der Waals surface area contributed by atoms with E-state index in [0.717, 1.165) is 45.3 Å². The van der Waals surface area contributed by atoms with Crippen LogP contribution in [0.4, 0.5) is 0 Å². The molecule has 5 nitrogen and oxygen atoms in total. The summed E-state index contributed by atoms with van der Waals surface area (Å²) in [7, 11) is 0. The Kier molecular flexibility index (Phi) is 22.1. The highest BCUT2D eigenvalue weighted by Gasteiger charge is 2.13. The number of carbonyl (C=O) groups excluding carboxylic acids is 1. The molecular formula is C23H48N2O3. The molecule has 0 aliphatic heterocycles. The zero-order valence-electron chi connectivity index (χ0n) is 18.6. The predicted molar refractivity (Wildman–Crippen MR) is 118 cm³/mol. The summed E-state index contributed by atoms with van der Waals surface area (Å²) in [4.78, 5) is 11.6. The number of rotatable bonds is 22. The van der Waals surface area contributed by atoms with Crippen molar-refractivity contribution in [1.82, 2.24) is 0 Å². The highest BCUT2D eigenvalue weighted by atomic mass is 16.5. The first kappa shape index (κ1) is 27.4. The van der Waals surface area contributed by atoms with Crippen LogP contribution < -0.4 is 11.5 Å². The van der Waals surface area contributed by atoms with Crippen molar-refractivity contribution in [3.05, 3.63) is 0 Å². The van der Waals surface area contributed by atoms with E-state index in [4.69, 9.17) is 20.9 Å². The van der Waals surface area contributed by atoms with Gasteiger partial charge in [-0.15, -0.1) is 0 Å². The molecule has 0 rings (SSSR count). The van der Waals surface area contributed by atoms with E-state index in [9.17, 15) is 4.79 Å². The molecule has 0 aromatic heterocycles. The molecule has 0 bridgehead atoms. The Labute approximate surface area is 174 Å². The minimum absolute atomic E-state index is 0.298. The van der Waals surface area contributed by atoms with E-state index in [-0.39, 0.29) is 5.97 Å². The quantitative estimate of drug-likeness (QED) is 0.195. The van der Waals surface area contributed by atoms with Gasteiger partial charge < -0.3 is 20.9 Å². The van der Waals surface area contributed by atoms with Crippen LogP contribution in [0.3, 0.4) is 0 Å². The molecule has 0 saturated heterocycles. The third-order valence-corrected chi connectivity index (χ3v) is 5.09. The molecule has 0 heterocycles. The highest BCUT2D eigenvalue weighted by molar-refractivity contribution is 5.75. The lowest BCUT2D eigenvalue weighted by Crippen LogP contribution is -2.33. The van der Waals surface area contributed by atoms with Crippen LogP contribution in [0.15, 0.2) is 0 Å². The van der Waals surface area contributed by atoms with Crippen molar-refractivity contribution in [3.63, 3.8) is 0 Å². The largest absolute Gasteiger partial charge is 0.465 e. The molecule has 168 valence electrons. The molecule has 0 aromatic carbocycles. The van der Waals surface area contributed by atoms with Crippen LogP contribution in [-0.4, -0.2) is 38.4 Å². The van der Waals surface area contributed by atoms with Gasteiger partial charge in [-0.3, -0.25) is 4.79 Å². The first-order valence-electron chi connectivity index (χ1n) is 11.9. The van der Waals surface area contributed by atoms with Crippen molar-refractivity contribution >= 4 is 5.97 Å². The molecule has 0 unspecified atom stereocenters. The lowest BCUT2D eigenvalue weighted by atomic mass is 10.1. The third kappa shape index (κ3) is 20.1. The summed E-state index contributed by atoms with van der Waals surface area (Å²) in [6.45, 7) is 5.04. The van der Waals surface area contributed by atoms with Gasteiger partial charge in [-0.25, -0.2) is 0 Å². The van der Waals surface area contributed by atoms with Gasteiger partial charge in [-0.05, 0) is 45.1 Å². The first-order chi connectivity index (χ1) is 13.7. The second kappa shape index (κ2) is 22.6. The highest BCUT2D eigenvalue weighted by Crippen LogP contribution is 2.10. The first-order valence-corrected chi connectivity index (χ1v) is 11.9. The summed E-state index contributed by atoms with van der Waals surface area (Å²) >= 11 is 0. The fraction of sp³-hybridized carbons (Fsp3) is 0.957. The summed E-state index contributed by atoms with van der Waals surface area (Å²) in [6, 6.07) is -0.525. The molecule has 5 heteroatoms. The van der Waals surface area contributed by atoms with Crippen molar-refractivity contribution in [2.24, 2.45) is 11.5 Å². The molecule has 0 aromatic rings. The second-order valence-corrected chi connectivity index (χ2v) is 7.91. The number of ether oxygens (including phenoxy) is 2. The van der Waals surface area contributed by atoms with Gasteiger partial charge in [-0.2, -0.15) is 0 Å². The van der Waals surface area contributed by atoms with E-state index >= 15 is 0 Å². The smallest absolute Gasteiger partial charge is 0.322 e. The molecule has 0 amide bonds. The summed E-state index contributed by atoms with van der Waals surface area (Å²) in [5, 5.41) is 0. The van der Waals surface area contributed by atoms with E-state index in [1.165, 1.54) is 64.2 Å². The molecule has 1 atom stereocenters. The van der Waals surface area contributed by atoms with Gasteiger partial charge in [0.05, 0.1) is 6.61 Å². The Morgan fingerprint density at radius 2 is 1.18 bits per heavy atom. The monoisotopic (exact) mass is 400 g/mol. The molecule has 0 spiro atoms. The number of hydrogen-bond acceptors (Lipinski definition) is 5. The van der Waals surface area contributed by atoms with Crippen LogP contribution in [0, 0.1) is 0 Å². The van der Waals surface area contributed by atoms with Gasteiger partial charge in [0, 0.05) is 13.2 Å². The van der Waals surface area contributed by atoms with Gasteiger partial charge in [0.25, 0.3) is 0 Å². The predicted octanol–water partition coefficient (Wildman–Crippen LogP) is 5.09. The fourth-order valence-corrected chi connectivity index (χ4v) is 3.19. The van der Waals surface area contributed by atoms with Gasteiger partial charge in [0.2, 0.25) is 0 Å². The summed E-state index contributed by atoms with van der Waals surface area (Å²) in [6.07, 6.45) is 19.1. The standard InChI is InChI=1S/C23H48N2O3/c1-2-3-4-5-6-7-8-9-10-13-19-27-20-14-11-12-15-21-28-23(26)22(25)17-16-18-24/h22H,2-21,24-25H2,1H3/t22-/m1/s1. The van der Waals surface area contributed by atoms with E-state index < -0.39 is 6.04 Å². The average Bonchev–Trinajstić information content (AvgIpc) is 2.70. The van der Waals surface area contributed by atoms with Crippen LogP contribution in [-0.2, 0) is 14.3 Å². The maximum Gasteiger partial charge on any atom is 0.322 e. The fourth-order valence-electron chi connectivity index (χ4n) is 3.19. The average molecular weight is 401 g/mol. The molecule has 0 radical (unpaired) electrons. The van der Waals surface area contributed by atoms with Crippen LogP contribution in [0.2, 0.25) is 0 Å². The van der Waals surface area contributed by atoms with Gasteiger partial charge in [0.15, 0.2) is 0 Å². The van der Waals surface area contributed by atoms with Crippen molar-refractivity contribution in [1.29, 1.82) is 0 Å². The molecular weight excluding hydrogens is 352 g/mol. The Balaban J connectivity index is 3.15. The maximum absolute atomic E-state index is 11.6. The maximum atomic E-state index is 11.6. The van der Waals surface area contributed by atoms with E-state index in [0.29, 0.717) is 19.6 Å². The molecule has 0 aliphatic carbocycles. The van der Waals surface area contributed by atoms with E-state index in [1.54, 1.807) is 0 Å². The van der Waals surface area contributed by atoms with Crippen molar-refractivity contribution < 1.29 is 14.3 Å². The Morgan fingerprint density at radius 3 is 1.68 bits per heavy atom. The minimum atomic E-state index is -0.525. The van der Waals surface area contributed by atoms with Crippen LogP contribution >= 0.6 is 0 Å². The van der Waals surface area contributed by atoms with Crippen LogP contribution in [0.25, 0.3) is 0 Å². The zero-order chi connectivity index (χ0) is 20.7. The van der Waals surface area contributed by atoms with E-state index in [2.05, 4.69) is 6.92 Å². The minimum Gasteiger partial charge on any atom is -0.465 e. The Bertz CT molecular complexity index is 327. The lowest BCUT2D eigenvalue weighted by Gasteiger charge is -2.10. The van der Waals surface area contributed by atoms with Gasteiger partial charge in [0.1, 0.15) is 6.04 Å². The molecule has 0 saturated carbocycles. The van der Waals surface area contributed by atoms with Crippen molar-refractivity contribution in [2.45, 2.75) is 116 Å². The van der Waals surface area contributed by atoms with Crippen molar-refractivity contribution in [2.75, 3.05) is 26.4 Å². The van der Waals surface area contributed by atoms with E-state index in [1.807, 2.05) is 0 Å². The number of unbranched alkanes of at least 4 members (excludes halogenated alkanes) is 12. The molecule has 28 heavy (non-hydrogen) atoms. The summed E-state index contributed by atoms with van der Waals surface area (Å²) < 4.78 is 10.9. The topological polar surface area (TPSA) is 87.6 Å². The lowest BCUT2D eigenvalue weighted by molar-refractivity contribution is -0.145. The van der Waals surface area contributed by atoms with Crippen LogP contribution in [0.5, 0.6) is 0 Å². The normalized spacial score (nSPS) is 12.2.